The Labute approximate surface area is 175 Å². The molecule has 160 valence electrons. The first kappa shape index (κ1) is 21.8. The lowest BCUT2D eigenvalue weighted by Gasteiger charge is -2.19. The second kappa shape index (κ2) is 10.2. The molecule has 30 heavy (non-hydrogen) atoms. The van der Waals surface area contributed by atoms with Crippen molar-refractivity contribution in [1.82, 2.24) is 4.90 Å². The number of unbranched alkanes of at least 4 members (excludes halogenated alkanes) is 1. The number of carbonyl (C=O) groups is 1. The molecule has 1 heterocycles. The second-order valence-corrected chi connectivity index (χ2v) is 7.35. The van der Waals surface area contributed by atoms with Crippen molar-refractivity contribution in [2.45, 2.75) is 19.3 Å². The summed E-state index contributed by atoms with van der Waals surface area (Å²) in [5, 5.41) is 2.51. The Balaban J connectivity index is 1.52. The Bertz CT molecular complexity index is 904. The molecule has 2 aromatic rings. The van der Waals surface area contributed by atoms with Crippen LogP contribution >= 0.6 is 0 Å². The molecular formula is C23H27F2N3O2. The molecular weight excluding hydrogens is 388 g/mol. The number of urea groups is 1. The Morgan fingerprint density at radius 2 is 2.10 bits per heavy atom. The van der Waals surface area contributed by atoms with Gasteiger partial charge in [0.05, 0.1) is 12.3 Å². The first-order valence-electron chi connectivity index (χ1n) is 10.1. The van der Waals surface area contributed by atoms with Crippen molar-refractivity contribution in [1.29, 1.82) is 0 Å². The van der Waals surface area contributed by atoms with E-state index in [1.165, 1.54) is 6.07 Å². The van der Waals surface area contributed by atoms with E-state index >= 15 is 0 Å². The molecule has 2 aromatic carbocycles. The van der Waals surface area contributed by atoms with E-state index in [9.17, 15) is 13.6 Å². The summed E-state index contributed by atoms with van der Waals surface area (Å²) in [5.74, 6) is -0.712. The molecule has 0 saturated heterocycles. The van der Waals surface area contributed by atoms with Crippen molar-refractivity contribution < 1.29 is 18.3 Å². The number of benzene rings is 2. The quantitative estimate of drug-likeness (QED) is 0.471. The lowest BCUT2D eigenvalue weighted by atomic mass is 10.1. The van der Waals surface area contributed by atoms with Gasteiger partial charge in [0.25, 0.3) is 0 Å². The van der Waals surface area contributed by atoms with Gasteiger partial charge in [-0.25, -0.2) is 13.6 Å². The van der Waals surface area contributed by atoms with Crippen molar-refractivity contribution in [2.24, 2.45) is 0 Å². The van der Waals surface area contributed by atoms with E-state index in [4.69, 9.17) is 4.74 Å². The zero-order valence-corrected chi connectivity index (χ0v) is 17.2. The molecule has 0 radical (unpaired) electrons. The molecule has 0 aromatic heterocycles. The predicted octanol–water partition coefficient (Wildman–Crippen LogP) is 4.84. The van der Waals surface area contributed by atoms with Gasteiger partial charge in [0.1, 0.15) is 17.4 Å². The topological polar surface area (TPSA) is 44.8 Å². The summed E-state index contributed by atoms with van der Waals surface area (Å²) in [7, 11) is 2.06. The van der Waals surface area contributed by atoms with Crippen LogP contribution in [0.4, 0.5) is 25.0 Å². The average Bonchev–Trinajstić information content (AvgIpc) is 3.13. The number of nitrogens with zero attached hydrogens (tertiary/aromatic N) is 2. The van der Waals surface area contributed by atoms with E-state index in [-0.39, 0.29) is 5.69 Å². The van der Waals surface area contributed by atoms with Crippen molar-refractivity contribution in [2.75, 3.05) is 43.5 Å². The fraction of sp³-hybridized carbons (Fsp3) is 0.348. The first-order chi connectivity index (χ1) is 14.5. The number of anilines is 2. The summed E-state index contributed by atoms with van der Waals surface area (Å²) in [5.41, 5.74) is 1.73. The summed E-state index contributed by atoms with van der Waals surface area (Å²) in [6, 6.07) is 8.25. The molecule has 5 nitrogen and oxygen atoms in total. The first-order valence-corrected chi connectivity index (χ1v) is 10.1. The maximum absolute atomic E-state index is 13.8. The normalized spacial score (nSPS) is 12.7. The minimum Gasteiger partial charge on any atom is -0.494 e. The van der Waals surface area contributed by atoms with Gasteiger partial charge in [-0.3, -0.25) is 4.90 Å². The monoisotopic (exact) mass is 415 g/mol. The highest BCUT2D eigenvalue weighted by atomic mass is 19.1. The fourth-order valence-corrected chi connectivity index (χ4v) is 3.44. The summed E-state index contributed by atoms with van der Waals surface area (Å²) in [4.78, 5) is 16.3. The Kier molecular flexibility index (Phi) is 7.41. The Hall–Kier alpha value is -2.93. The minimum absolute atomic E-state index is 0.0476. The fourth-order valence-electron chi connectivity index (χ4n) is 3.44. The van der Waals surface area contributed by atoms with Crippen LogP contribution in [0.3, 0.4) is 0 Å². The SMILES string of the molecule is C=CCN(C)CCCCOc1ccc2c(c1)CCN2C(=O)Nc1ccc(F)cc1F. The average molecular weight is 415 g/mol. The number of ether oxygens (including phenoxy) is 1. The lowest BCUT2D eigenvalue weighted by Crippen LogP contribution is -2.33. The highest BCUT2D eigenvalue weighted by Crippen LogP contribution is 2.32. The molecule has 2 amide bonds. The lowest BCUT2D eigenvalue weighted by molar-refractivity contribution is 0.257. The molecule has 0 bridgehead atoms. The van der Waals surface area contributed by atoms with Gasteiger partial charge in [0, 0.05) is 24.8 Å². The summed E-state index contributed by atoms with van der Waals surface area (Å²) >= 11 is 0. The third kappa shape index (κ3) is 5.57. The molecule has 1 N–H and O–H groups in total. The summed E-state index contributed by atoms with van der Waals surface area (Å²) < 4.78 is 32.7. The summed E-state index contributed by atoms with van der Waals surface area (Å²) in [6.07, 6.45) is 4.58. The molecule has 0 unspecified atom stereocenters. The molecule has 1 aliphatic rings. The molecule has 1 aliphatic heterocycles. The van der Waals surface area contributed by atoms with Crippen molar-refractivity contribution in [3.63, 3.8) is 0 Å². The van der Waals surface area contributed by atoms with Gasteiger partial charge in [-0.05, 0) is 68.8 Å². The van der Waals surface area contributed by atoms with Crippen LogP contribution in [0.1, 0.15) is 18.4 Å². The van der Waals surface area contributed by atoms with Crippen molar-refractivity contribution in [3.05, 3.63) is 66.3 Å². The van der Waals surface area contributed by atoms with Gasteiger partial charge < -0.3 is 15.0 Å². The van der Waals surface area contributed by atoms with E-state index in [1.54, 1.807) is 4.90 Å². The number of hydrogen-bond donors (Lipinski definition) is 1. The van der Waals surface area contributed by atoms with Gasteiger partial charge in [-0.1, -0.05) is 6.08 Å². The van der Waals surface area contributed by atoms with Crippen LogP contribution in [0.15, 0.2) is 49.1 Å². The molecule has 0 aliphatic carbocycles. The van der Waals surface area contributed by atoms with Crippen LogP contribution in [0.25, 0.3) is 0 Å². The maximum Gasteiger partial charge on any atom is 0.326 e. The molecule has 7 heteroatoms. The highest BCUT2D eigenvalue weighted by molar-refractivity contribution is 6.03. The van der Waals surface area contributed by atoms with Crippen LogP contribution in [-0.2, 0) is 6.42 Å². The Morgan fingerprint density at radius 1 is 1.27 bits per heavy atom. The second-order valence-electron chi connectivity index (χ2n) is 7.35. The molecule has 0 fully saturated rings. The Morgan fingerprint density at radius 3 is 2.87 bits per heavy atom. The maximum atomic E-state index is 13.8. The number of rotatable bonds is 9. The number of likely N-dealkylation sites (N-methyl/N-ethyl adjacent to an activating group) is 1. The smallest absolute Gasteiger partial charge is 0.326 e. The van der Waals surface area contributed by atoms with Gasteiger partial charge in [-0.2, -0.15) is 0 Å². The largest absolute Gasteiger partial charge is 0.494 e. The van der Waals surface area contributed by atoms with Crippen LogP contribution in [-0.4, -0.2) is 44.2 Å². The van der Waals surface area contributed by atoms with Gasteiger partial charge >= 0.3 is 6.03 Å². The predicted molar refractivity (Wildman–Crippen MR) is 115 cm³/mol. The van der Waals surface area contributed by atoms with E-state index in [1.807, 2.05) is 24.3 Å². The zero-order chi connectivity index (χ0) is 21.5. The van der Waals surface area contributed by atoms with Crippen LogP contribution in [0, 0.1) is 11.6 Å². The number of amides is 2. The standard InChI is InChI=1S/C23H27F2N3O2/c1-3-11-27(2)12-4-5-14-30-19-7-9-22-17(15-19)10-13-28(22)23(29)26-21-8-6-18(24)16-20(21)25/h3,6-9,15-16H,1,4-5,10-14H2,2H3,(H,26,29). The molecule has 0 spiro atoms. The number of carbonyl (C=O) groups excluding carboxylic acids is 1. The molecule has 0 saturated carbocycles. The molecule has 3 rings (SSSR count). The van der Waals surface area contributed by atoms with Crippen LogP contribution in [0.2, 0.25) is 0 Å². The third-order valence-corrected chi connectivity index (χ3v) is 5.01. The highest BCUT2D eigenvalue weighted by Gasteiger charge is 2.25. The van der Waals surface area contributed by atoms with Gasteiger partial charge in [0.2, 0.25) is 0 Å². The van der Waals surface area contributed by atoms with Crippen molar-refractivity contribution in [3.8, 4) is 5.75 Å². The number of halogens is 2. The van der Waals surface area contributed by atoms with E-state index in [0.29, 0.717) is 19.6 Å². The van der Waals surface area contributed by atoms with Crippen LogP contribution < -0.4 is 15.0 Å². The van der Waals surface area contributed by atoms with E-state index in [2.05, 4.69) is 23.8 Å². The van der Waals surface area contributed by atoms with E-state index in [0.717, 1.165) is 55.1 Å². The number of nitrogens with one attached hydrogen (secondary N) is 1. The van der Waals surface area contributed by atoms with Crippen LogP contribution in [0.5, 0.6) is 5.75 Å². The van der Waals surface area contributed by atoms with Crippen molar-refractivity contribution >= 4 is 17.4 Å². The number of hydrogen-bond acceptors (Lipinski definition) is 3. The van der Waals surface area contributed by atoms with E-state index < -0.39 is 17.7 Å². The third-order valence-electron chi connectivity index (χ3n) is 5.01. The summed E-state index contributed by atoms with van der Waals surface area (Å²) in [6.45, 7) is 6.73. The van der Waals surface area contributed by atoms with Gasteiger partial charge in [0.15, 0.2) is 0 Å². The number of fused-ring (bicyclic) bond motifs is 1. The van der Waals surface area contributed by atoms with Gasteiger partial charge in [-0.15, -0.1) is 6.58 Å². The molecule has 0 atom stereocenters. The minimum atomic E-state index is -0.804. The zero-order valence-electron chi connectivity index (χ0n) is 17.2.